The van der Waals surface area contributed by atoms with Crippen LogP contribution in [0, 0.1) is 0 Å². The largest absolute Gasteiger partial charge is 3.00 e. The zero-order chi connectivity index (χ0) is 6.00. The Labute approximate surface area is 99.7 Å². The molecule has 1 radical (unpaired) electrons. The fourth-order valence-corrected chi connectivity index (χ4v) is 0. The number of hydrogen-bond donors (Lipinski definition) is 0. The second-order valence-corrected chi connectivity index (χ2v) is 0. The molecule has 0 nitrogen and oxygen atoms in total. The molecule has 0 aliphatic rings. The molecule has 0 aromatic heterocycles. The van der Waals surface area contributed by atoms with Gasteiger partial charge in [0.15, 0.2) is 0 Å². The van der Waals surface area contributed by atoms with Crippen LogP contribution in [0.3, 0.4) is 0 Å². The van der Waals surface area contributed by atoms with Crippen LogP contribution in [0.1, 0.15) is 0 Å². The predicted octanol–water partition coefficient (Wildman–Crippen LogP) is 2.06. The van der Waals surface area contributed by atoms with E-state index < -0.39 is 0 Å². The Bertz CT molecular complexity index is 10.1. The Morgan fingerprint density at radius 2 is 0.571 bits per heavy atom. The van der Waals surface area contributed by atoms with Gasteiger partial charge in [-0.15, -0.1) is 0 Å². The van der Waals surface area contributed by atoms with Gasteiger partial charge in [0.25, 0.3) is 0 Å². The van der Waals surface area contributed by atoms with Crippen molar-refractivity contribution in [3.63, 3.8) is 0 Å². The maximum absolute atomic E-state index is 4.61. The minimum Gasteiger partial charge on any atom is 3.00 e. The van der Waals surface area contributed by atoms with Crippen LogP contribution >= 0.6 is 28.3 Å². The second-order valence-electron chi connectivity index (χ2n) is 0. The number of rotatable bonds is 0. The first-order valence-corrected chi connectivity index (χ1v) is 8.81. The maximum atomic E-state index is 4.61. The average Bonchev–Trinajstić information content (AvgIpc) is 1.81. The summed E-state index contributed by atoms with van der Waals surface area (Å²) < 4.78 is 0. The molecule has 0 saturated heterocycles. The van der Waals surface area contributed by atoms with E-state index in [9.17, 15) is 0 Å². The summed E-state index contributed by atoms with van der Waals surface area (Å²) in [4.78, 5) is 0. The third-order valence-electron chi connectivity index (χ3n) is 0. The summed E-state index contributed by atoms with van der Waals surface area (Å²) in [7, 11) is 13.8. The van der Waals surface area contributed by atoms with Crippen LogP contribution in [0.4, 0.5) is 0 Å². The van der Waals surface area contributed by atoms with Crippen molar-refractivity contribution in [1.82, 2.24) is 0 Å². The van der Waals surface area contributed by atoms with Crippen LogP contribution in [-0.4, -0.2) is 0 Å². The van der Waals surface area contributed by atoms with E-state index in [4.69, 9.17) is 0 Å². The van der Waals surface area contributed by atoms with Crippen molar-refractivity contribution in [2.75, 3.05) is 0 Å². The molecule has 0 heterocycles. The Balaban J connectivity index is -0.00000000900. The molecule has 7 heavy (non-hydrogen) atoms. The summed E-state index contributed by atoms with van der Waals surface area (Å²) in [5, 5.41) is 0. The normalized spacial score (nSPS) is 3.00. The van der Waals surface area contributed by atoms with Crippen molar-refractivity contribution in [3.8, 4) is 0 Å². The van der Waals surface area contributed by atoms with Gasteiger partial charge in [-0.3, -0.25) is 0 Å². The molecule has 0 fully saturated rings. The molecule has 0 N–H and O–H groups in total. The third-order valence-corrected chi connectivity index (χ3v) is 0. The smallest absolute Gasteiger partial charge is 3.00 e. The van der Waals surface area contributed by atoms with Crippen molar-refractivity contribution in [1.29, 1.82) is 0 Å². The molecule has 0 aromatic carbocycles. The van der Waals surface area contributed by atoms with Gasteiger partial charge in [0.2, 0.25) is 0 Å². The van der Waals surface area contributed by atoms with E-state index in [1.54, 1.807) is 56.3 Å². The van der Waals surface area contributed by atoms with Crippen molar-refractivity contribution < 1.29 is 73.4 Å². The summed E-state index contributed by atoms with van der Waals surface area (Å²) >= 11 is 4.83. The van der Waals surface area contributed by atoms with E-state index in [0.29, 0.717) is 0 Å². The zero-order valence-corrected chi connectivity index (χ0v) is 12.6. The van der Waals surface area contributed by atoms with Crippen molar-refractivity contribution in [2.45, 2.75) is 0 Å². The topological polar surface area (TPSA) is 0 Å². The molecule has 0 saturated carbocycles. The number of halogens is 3. The van der Waals surface area contributed by atoms with Gasteiger partial charge < -0.3 is 0 Å². The molecular formula is Cl3FePt3. The summed E-state index contributed by atoms with van der Waals surface area (Å²) in [6.07, 6.45) is 0. The molecular weight excluding hydrogens is 747 g/mol. The zero-order valence-electron chi connectivity index (χ0n) is 2.44. The van der Waals surface area contributed by atoms with Gasteiger partial charge in [-0.2, -0.15) is 0 Å². The van der Waals surface area contributed by atoms with E-state index in [1.807, 2.05) is 0 Å². The van der Waals surface area contributed by atoms with Crippen molar-refractivity contribution in [3.05, 3.63) is 0 Å². The van der Waals surface area contributed by atoms with Gasteiger partial charge in [-0.25, -0.2) is 0 Å². The molecule has 7 heteroatoms. The molecule has 0 amide bonds. The Morgan fingerprint density at radius 1 is 0.571 bits per heavy atom. The van der Waals surface area contributed by atoms with Gasteiger partial charge >= 0.3 is 102 Å². The van der Waals surface area contributed by atoms with Crippen molar-refractivity contribution in [2.24, 2.45) is 0 Å². The Kier molecular flexibility index (Phi) is 181. The SMILES string of the molecule is [Cl][Pt-].[Cl][Pt-].[Cl][Pt-].[Fe+3]. The molecule has 0 atom stereocenters. The average molecular weight is 747 g/mol. The molecule has 59 valence electrons. The molecule has 0 aromatic rings. The van der Waals surface area contributed by atoms with Crippen LogP contribution in [0.25, 0.3) is 0 Å². The summed E-state index contributed by atoms with van der Waals surface area (Å²) in [6.45, 7) is 0. The minimum absolute atomic E-state index is 0. The van der Waals surface area contributed by atoms with E-state index in [-0.39, 0.29) is 17.1 Å². The molecule has 0 unspecified atom stereocenters. The van der Waals surface area contributed by atoms with Gasteiger partial charge in [0.05, 0.1) is 0 Å². The molecule has 0 rings (SSSR count). The standard InChI is InChI=1S/3ClH.Fe.3Pt/h3*1H;;;;/q;;;+3;;;/p-3. The first-order valence-electron chi connectivity index (χ1n) is 0.359. The summed E-state index contributed by atoms with van der Waals surface area (Å²) in [5.74, 6) is 0. The van der Waals surface area contributed by atoms with E-state index in [0.717, 1.165) is 0 Å². The van der Waals surface area contributed by atoms with Crippen molar-refractivity contribution >= 4 is 28.3 Å². The van der Waals surface area contributed by atoms with Crippen LogP contribution in [-0.2, 0) is 73.4 Å². The third kappa shape index (κ3) is 44.0. The van der Waals surface area contributed by atoms with E-state index in [2.05, 4.69) is 28.3 Å². The fourth-order valence-electron chi connectivity index (χ4n) is 0. The van der Waals surface area contributed by atoms with Gasteiger partial charge in [0, 0.05) is 0 Å². The molecule has 0 aliphatic carbocycles. The first kappa shape index (κ1) is 22.4. The molecule has 0 spiro atoms. The Hall–Kier alpha value is 3.45. The maximum Gasteiger partial charge on any atom is 3.00 e. The summed E-state index contributed by atoms with van der Waals surface area (Å²) in [6, 6.07) is 0. The van der Waals surface area contributed by atoms with Crippen LogP contribution < -0.4 is 0 Å². The predicted molar refractivity (Wildman–Crippen MR) is 17.6 cm³/mol. The molecule has 0 aliphatic heterocycles. The van der Waals surface area contributed by atoms with Gasteiger partial charge in [0.1, 0.15) is 0 Å². The van der Waals surface area contributed by atoms with E-state index >= 15 is 0 Å². The summed E-state index contributed by atoms with van der Waals surface area (Å²) in [5.41, 5.74) is 0. The van der Waals surface area contributed by atoms with Gasteiger partial charge in [-0.1, -0.05) is 0 Å². The Morgan fingerprint density at radius 3 is 0.571 bits per heavy atom. The minimum atomic E-state index is 0. The fraction of sp³-hybridized carbons (Fsp3) is 0. The van der Waals surface area contributed by atoms with E-state index in [1.165, 1.54) is 0 Å². The molecule has 0 bridgehead atoms. The second kappa shape index (κ2) is 56.6. The van der Waals surface area contributed by atoms with Crippen LogP contribution in [0.15, 0.2) is 0 Å². The van der Waals surface area contributed by atoms with Crippen LogP contribution in [0.2, 0.25) is 0 Å². The number of hydrogen-bond acceptors (Lipinski definition) is 0. The van der Waals surface area contributed by atoms with Gasteiger partial charge in [-0.05, 0) is 0 Å². The van der Waals surface area contributed by atoms with Crippen LogP contribution in [0.5, 0.6) is 0 Å². The first-order chi connectivity index (χ1) is 3.00. The quantitative estimate of drug-likeness (QED) is 0.334. The monoisotopic (exact) mass is 746 g/mol.